The average Bonchev–Trinajstić information content (AvgIpc) is 2.61. The Morgan fingerprint density at radius 1 is 1.12 bits per heavy atom. The van der Waals surface area contributed by atoms with Crippen LogP contribution in [0.1, 0.15) is 10.4 Å². The summed E-state index contributed by atoms with van der Waals surface area (Å²) in [6, 6.07) is 11.3. The third kappa shape index (κ3) is 3.46. The van der Waals surface area contributed by atoms with E-state index in [9.17, 15) is 9.18 Å². The fraction of sp³-hybridized carbons (Fsp3) is 0.278. The van der Waals surface area contributed by atoms with Gasteiger partial charge in [0.1, 0.15) is 11.6 Å². The van der Waals surface area contributed by atoms with Crippen LogP contribution >= 0.6 is 11.6 Å². The first-order valence-electron chi connectivity index (χ1n) is 7.72. The van der Waals surface area contributed by atoms with Gasteiger partial charge in [0.2, 0.25) is 0 Å². The van der Waals surface area contributed by atoms with Gasteiger partial charge in [-0.15, -0.1) is 0 Å². The SMILES string of the molecule is COc1ccc(Cl)cc1N1CCN(C(=O)c2cccc(F)c2)CC1. The number of benzene rings is 2. The number of ether oxygens (including phenoxy) is 1. The first-order chi connectivity index (χ1) is 11.6. The summed E-state index contributed by atoms with van der Waals surface area (Å²) in [6.45, 7) is 2.45. The third-order valence-electron chi connectivity index (χ3n) is 4.12. The monoisotopic (exact) mass is 348 g/mol. The quantitative estimate of drug-likeness (QED) is 0.851. The van der Waals surface area contributed by atoms with Crippen LogP contribution in [-0.4, -0.2) is 44.1 Å². The van der Waals surface area contributed by atoms with E-state index in [4.69, 9.17) is 16.3 Å². The van der Waals surface area contributed by atoms with Crippen molar-refractivity contribution in [2.45, 2.75) is 0 Å². The Bertz CT molecular complexity index is 746. The van der Waals surface area contributed by atoms with Crippen LogP contribution in [0, 0.1) is 5.82 Å². The summed E-state index contributed by atoms with van der Waals surface area (Å²) in [7, 11) is 1.62. The molecule has 0 atom stereocenters. The third-order valence-corrected chi connectivity index (χ3v) is 4.36. The number of amides is 1. The minimum atomic E-state index is -0.400. The Hall–Kier alpha value is -2.27. The van der Waals surface area contributed by atoms with E-state index >= 15 is 0 Å². The smallest absolute Gasteiger partial charge is 0.254 e. The van der Waals surface area contributed by atoms with Crippen molar-refractivity contribution in [2.24, 2.45) is 0 Å². The second-order valence-corrected chi connectivity index (χ2v) is 6.04. The van der Waals surface area contributed by atoms with Gasteiger partial charge in [0.05, 0.1) is 12.8 Å². The van der Waals surface area contributed by atoms with Crippen molar-refractivity contribution < 1.29 is 13.9 Å². The fourth-order valence-corrected chi connectivity index (χ4v) is 3.03. The molecule has 2 aromatic carbocycles. The Morgan fingerprint density at radius 3 is 2.54 bits per heavy atom. The number of carbonyl (C=O) groups is 1. The largest absolute Gasteiger partial charge is 0.495 e. The minimum absolute atomic E-state index is 0.146. The number of anilines is 1. The van der Waals surface area contributed by atoms with Crippen LogP contribution < -0.4 is 9.64 Å². The van der Waals surface area contributed by atoms with Crippen molar-refractivity contribution in [1.29, 1.82) is 0 Å². The van der Waals surface area contributed by atoms with Crippen LogP contribution in [0.4, 0.5) is 10.1 Å². The molecule has 0 aliphatic carbocycles. The van der Waals surface area contributed by atoms with Crippen LogP contribution in [0.3, 0.4) is 0 Å². The average molecular weight is 349 g/mol. The maximum absolute atomic E-state index is 13.3. The van der Waals surface area contributed by atoms with Gasteiger partial charge in [0.15, 0.2) is 0 Å². The van der Waals surface area contributed by atoms with E-state index in [0.29, 0.717) is 36.8 Å². The van der Waals surface area contributed by atoms with Crippen LogP contribution in [0.5, 0.6) is 5.75 Å². The molecule has 1 amide bonds. The summed E-state index contributed by atoms with van der Waals surface area (Å²) in [5.41, 5.74) is 1.30. The van der Waals surface area contributed by atoms with E-state index < -0.39 is 5.82 Å². The molecule has 3 rings (SSSR count). The molecule has 0 N–H and O–H groups in total. The molecule has 0 aromatic heterocycles. The van der Waals surface area contributed by atoms with Crippen molar-refractivity contribution in [3.05, 3.63) is 58.9 Å². The molecule has 0 saturated carbocycles. The summed E-state index contributed by atoms with van der Waals surface area (Å²) < 4.78 is 18.7. The molecule has 6 heteroatoms. The van der Waals surface area contributed by atoms with Gasteiger partial charge in [-0.25, -0.2) is 4.39 Å². The Labute approximate surface area is 145 Å². The number of nitrogens with zero attached hydrogens (tertiary/aromatic N) is 2. The molecule has 2 aromatic rings. The number of methoxy groups -OCH3 is 1. The highest BCUT2D eigenvalue weighted by atomic mass is 35.5. The molecule has 0 spiro atoms. The second-order valence-electron chi connectivity index (χ2n) is 5.61. The number of carbonyl (C=O) groups excluding carboxylic acids is 1. The maximum atomic E-state index is 13.3. The zero-order valence-corrected chi connectivity index (χ0v) is 14.1. The van der Waals surface area contributed by atoms with Crippen molar-refractivity contribution in [2.75, 3.05) is 38.2 Å². The standard InChI is InChI=1S/C18H18ClFN2O2/c1-24-17-6-5-14(19)12-16(17)21-7-9-22(10-8-21)18(23)13-3-2-4-15(20)11-13/h2-6,11-12H,7-10H2,1H3. The van der Waals surface area contributed by atoms with E-state index in [1.54, 1.807) is 30.2 Å². The van der Waals surface area contributed by atoms with Crippen molar-refractivity contribution in [3.8, 4) is 5.75 Å². The van der Waals surface area contributed by atoms with Crippen molar-refractivity contribution in [3.63, 3.8) is 0 Å². The Balaban J connectivity index is 1.70. The molecule has 0 radical (unpaired) electrons. The minimum Gasteiger partial charge on any atom is -0.495 e. The fourth-order valence-electron chi connectivity index (χ4n) is 2.86. The van der Waals surface area contributed by atoms with Gasteiger partial charge in [-0.3, -0.25) is 4.79 Å². The molecule has 4 nitrogen and oxygen atoms in total. The molecule has 1 aliphatic heterocycles. The van der Waals surface area contributed by atoms with Crippen LogP contribution in [0.15, 0.2) is 42.5 Å². The molecule has 1 heterocycles. The Morgan fingerprint density at radius 2 is 1.88 bits per heavy atom. The summed E-state index contributed by atoms with van der Waals surface area (Å²) in [6.07, 6.45) is 0. The second kappa shape index (κ2) is 7.09. The number of halogens is 2. The lowest BCUT2D eigenvalue weighted by Crippen LogP contribution is -2.48. The molecule has 1 fully saturated rings. The van der Waals surface area contributed by atoms with Gasteiger partial charge < -0.3 is 14.5 Å². The van der Waals surface area contributed by atoms with Crippen LogP contribution in [0.25, 0.3) is 0 Å². The van der Waals surface area contributed by atoms with Gasteiger partial charge in [-0.1, -0.05) is 17.7 Å². The first kappa shape index (κ1) is 16.6. The zero-order valence-electron chi connectivity index (χ0n) is 13.3. The predicted octanol–water partition coefficient (Wildman–Crippen LogP) is 3.45. The lowest BCUT2D eigenvalue weighted by atomic mass is 10.1. The number of rotatable bonds is 3. The van der Waals surface area contributed by atoms with Gasteiger partial charge in [0.25, 0.3) is 5.91 Å². The van der Waals surface area contributed by atoms with Gasteiger partial charge in [0, 0.05) is 36.8 Å². The summed E-state index contributed by atoms with van der Waals surface area (Å²) in [5, 5.41) is 0.643. The van der Waals surface area contributed by atoms with Crippen LogP contribution in [0.2, 0.25) is 5.02 Å². The zero-order chi connectivity index (χ0) is 17.1. The summed E-state index contributed by atoms with van der Waals surface area (Å²) >= 11 is 6.08. The topological polar surface area (TPSA) is 32.8 Å². The number of hydrogen-bond acceptors (Lipinski definition) is 3. The van der Waals surface area contributed by atoms with Crippen LogP contribution in [-0.2, 0) is 0 Å². The van der Waals surface area contributed by atoms with Crippen molar-refractivity contribution in [1.82, 2.24) is 4.90 Å². The molecular formula is C18H18ClFN2O2. The summed E-state index contributed by atoms with van der Waals surface area (Å²) in [4.78, 5) is 16.3. The molecular weight excluding hydrogens is 331 g/mol. The normalized spacial score (nSPS) is 14.6. The molecule has 0 unspecified atom stereocenters. The van der Waals surface area contributed by atoms with E-state index in [-0.39, 0.29) is 5.91 Å². The van der Waals surface area contributed by atoms with Gasteiger partial charge in [-0.2, -0.15) is 0 Å². The molecule has 1 aliphatic rings. The number of hydrogen-bond donors (Lipinski definition) is 0. The number of piperazine rings is 1. The first-order valence-corrected chi connectivity index (χ1v) is 8.09. The maximum Gasteiger partial charge on any atom is 0.254 e. The Kier molecular flexibility index (Phi) is 4.90. The van der Waals surface area contributed by atoms with Gasteiger partial charge in [-0.05, 0) is 36.4 Å². The highest BCUT2D eigenvalue weighted by Gasteiger charge is 2.24. The van der Waals surface area contributed by atoms with E-state index in [1.807, 2.05) is 12.1 Å². The van der Waals surface area contributed by atoms with E-state index in [1.165, 1.54) is 12.1 Å². The van der Waals surface area contributed by atoms with Crippen molar-refractivity contribution >= 4 is 23.2 Å². The van der Waals surface area contributed by atoms with E-state index in [0.717, 1.165) is 11.4 Å². The molecule has 126 valence electrons. The predicted molar refractivity (Wildman–Crippen MR) is 92.5 cm³/mol. The summed E-state index contributed by atoms with van der Waals surface area (Å²) in [5.74, 6) is 0.208. The molecule has 0 bridgehead atoms. The van der Waals surface area contributed by atoms with E-state index in [2.05, 4.69) is 4.90 Å². The molecule has 1 saturated heterocycles. The highest BCUT2D eigenvalue weighted by Crippen LogP contribution is 2.32. The lowest BCUT2D eigenvalue weighted by molar-refractivity contribution is 0.0746. The van der Waals surface area contributed by atoms with Gasteiger partial charge >= 0.3 is 0 Å². The molecule has 24 heavy (non-hydrogen) atoms. The highest BCUT2D eigenvalue weighted by molar-refractivity contribution is 6.30. The lowest BCUT2D eigenvalue weighted by Gasteiger charge is -2.36.